The van der Waals surface area contributed by atoms with E-state index in [1.807, 2.05) is 30.3 Å². The van der Waals surface area contributed by atoms with Crippen LogP contribution in [0.1, 0.15) is 25.3 Å². The second-order valence-corrected chi connectivity index (χ2v) is 6.42. The molecule has 2 aromatic rings. The fraction of sp³-hybridized carbons (Fsp3) is 0.250. The smallest absolute Gasteiger partial charge is 0.407 e. The number of benzene rings is 2. The molecule has 0 aromatic heterocycles. The molecule has 2 aromatic carbocycles. The summed E-state index contributed by atoms with van der Waals surface area (Å²) in [5.41, 5.74) is 1.91. The third-order valence-electron chi connectivity index (χ3n) is 3.63. The Bertz CT molecular complexity index is 827. The zero-order valence-corrected chi connectivity index (χ0v) is 16.2. The van der Waals surface area contributed by atoms with E-state index < -0.39 is 6.09 Å². The Kier molecular flexibility index (Phi) is 8.30. The number of nitrogens with one attached hydrogen (secondary N) is 3. The number of alkyl carbamates (subject to hydrolysis) is 1. The number of halogens is 1. The fourth-order valence-corrected chi connectivity index (χ4v) is 2.55. The zero-order chi connectivity index (χ0) is 20.4. The molecule has 0 aliphatic rings. The maximum Gasteiger partial charge on any atom is 0.407 e. The number of carbonyl (C=O) groups is 3. The van der Waals surface area contributed by atoms with Gasteiger partial charge in [-0.15, -0.1) is 0 Å². The van der Waals surface area contributed by atoms with Gasteiger partial charge in [-0.25, -0.2) is 4.79 Å². The van der Waals surface area contributed by atoms with Crippen molar-refractivity contribution in [3.05, 3.63) is 59.1 Å². The van der Waals surface area contributed by atoms with Gasteiger partial charge in [0.1, 0.15) is 6.61 Å². The van der Waals surface area contributed by atoms with E-state index in [0.29, 0.717) is 29.4 Å². The molecule has 0 atom stereocenters. The summed E-state index contributed by atoms with van der Waals surface area (Å²) in [7, 11) is 0. The second kappa shape index (κ2) is 10.9. The summed E-state index contributed by atoms with van der Waals surface area (Å²) in [4.78, 5) is 34.7. The molecule has 0 unspecified atom stereocenters. The molecular formula is C20H22ClN3O4. The van der Waals surface area contributed by atoms with Crippen LogP contribution in [-0.4, -0.2) is 24.5 Å². The first-order valence-electron chi connectivity index (χ1n) is 8.75. The standard InChI is InChI=1S/C20H22ClN3O4/c1-14(25)23-16-9-10-18(17(21)12-16)24-19(26)8-5-11-22-20(27)28-13-15-6-3-2-4-7-15/h2-4,6-7,9-10,12H,5,8,11,13H2,1H3,(H,22,27)(H,23,25)(H,24,26). The minimum Gasteiger partial charge on any atom is -0.445 e. The van der Waals surface area contributed by atoms with Gasteiger partial charge < -0.3 is 20.7 Å². The summed E-state index contributed by atoms with van der Waals surface area (Å²) in [5.74, 6) is -0.434. The molecule has 0 fully saturated rings. The molecule has 0 heterocycles. The largest absolute Gasteiger partial charge is 0.445 e. The first kappa shape index (κ1) is 21.2. The molecule has 3 N–H and O–H groups in total. The van der Waals surface area contributed by atoms with Crippen LogP contribution in [-0.2, 0) is 20.9 Å². The van der Waals surface area contributed by atoms with Crippen LogP contribution in [0.15, 0.2) is 48.5 Å². The first-order valence-corrected chi connectivity index (χ1v) is 9.13. The van der Waals surface area contributed by atoms with E-state index in [0.717, 1.165) is 5.56 Å². The Hall–Kier alpha value is -3.06. The van der Waals surface area contributed by atoms with Crippen LogP contribution in [0.25, 0.3) is 0 Å². The third kappa shape index (κ3) is 7.67. The lowest BCUT2D eigenvalue weighted by atomic mass is 10.2. The number of ether oxygens (including phenoxy) is 1. The number of anilines is 2. The molecule has 0 saturated carbocycles. The predicted octanol–water partition coefficient (Wildman–Crippen LogP) is 3.94. The van der Waals surface area contributed by atoms with Crippen molar-refractivity contribution < 1.29 is 19.1 Å². The maximum absolute atomic E-state index is 12.0. The van der Waals surface area contributed by atoms with Crippen LogP contribution >= 0.6 is 11.6 Å². The highest BCUT2D eigenvalue weighted by molar-refractivity contribution is 6.34. The molecule has 0 radical (unpaired) electrons. The summed E-state index contributed by atoms with van der Waals surface area (Å²) in [6.45, 7) is 1.91. The molecule has 28 heavy (non-hydrogen) atoms. The molecular weight excluding hydrogens is 382 g/mol. The van der Waals surface area contributed by atoms with Crippen molar-refractivity contribution in [1.29, 1.82) is 0 Å². The van der Waals surface area contributed by atoms with Crippen molar-refractivity contribution in [1.82, 2.24) is 5.32 Å². The summed E-state index contributed by atoms with van der Waals surface area (Å²) in [5, 5.41) is 8.23. The van der Waals surface area contributed by atoms with Gasteiger partial charge in [0.05, 0.1) is 10.7 Å². The quantitative estimate of drug-likeness (QED) is 0.581. The summed E-state index contributed by atoms with van der Waals surface area (Å²) < 4.78 is 5.09. The van der Waals surface area contributed by atoms with Gasteiger partial charge in [-0.1, -0.05) is 41.9 Å². The van der Waals surface area contributed by atoms with Crippen molar-refractivity contribution in [2.45, 2.75) is 26.4 Å². The van der Waals surface area contributed by atoms with E-state index in [9.17, 15) is 14.4 Å². The molecule has 0 aliphatic heterocycles. The number of hydrogen-bond donors (Lipinski definition) is 3. The van der Waals surface area contributed by atoms with Crippen LogP contribution in [0.3, 0.4) is 0 Å². The van der Waals surface area contributed by atoms with Gasteiger partial charge >= 0.3 is 6.09 Å². The molecule has 0 aliphatic carbocycles. The summed E-state index contributed by atoms with van der Waals surface area (Å²) in [6, 6.07) is 14.2. The average Bonchev–Trinajstić information content (AvgIpc) is 2.66. The lowest BCUT2D eigenvalue weighted by molar-refractivity contribution is -0.116. The average molecular weight is 404 g/mol. The van der Waals surface area contributed by atoms with Gasteiger partial charge in [0.25, 0.3) is 0 Å². The van der Waals surface area contributed by atoms with Crippen molar-refractivity contribution >= 4 is 40.9 Å². The lowest BCUT2D eigenvalue weighted by Gasteiger charge is -2.10. The zero-order valence-electron chi connectivity index (χ0n) is 15.5. The minimum atomic E-state index is -0.527. The monoisotopic (exact) mass is 403 g/mol. The van der Waals surface area contributed by atoms with Gasteiger partial charge in [0.15, 0.2) is 0 Å². The maximum atomic E-state index is 12.0. The van der Waals surface area contributed by atoms with Gasteiger partial charge in [-0.3, -0.25) is 9.59 Å². The van der Waals surface area contributed by atoms with E-state index in [4.69, 9.17) is 16.3 Å². The number of carbonyl (C=O) groups excluding carboxylic acids is 3. The third-order valence-corrected chi connectivity index (χ3v) is 3.94. The highest BCUT2D eigenvalue weighted by Crippen LogP contribution is 2.25. The minimum absolute atomic E-state index is 0.195. The van der Waals surface area contributed by atoms with E-state index in [1.54, 1.807) is 18.2 Å². The molecule has 8 heteroatoms. The number of hydrogen-bond acceptors (Lipinski definition) is 4. The van der Waals surface area contributed by atoms with Gasteiger partial charge in [-0.2, -0.15) is 0 Å². The van der Waals surface area contributed by atoms with E-state index >= 15 is 0 Å². The number of amides is 3. The van der Waals surface area contributed by atoms with Crippen molar-refractivity contribution in [2.75, 3.05) is 17.2 Å². The molecule has 0 bridgehead atoms. The number of rotatable bonds is 8. The Labute approximate surface area is 168 Å². The van der Waals surface area contributed by atoms with Crippen LogP contribution in [0.4, 0.5) is 16.2 Å². The topological polar surface area (TPSA) is 96.5 Å². The van der Waals surface area contributed by atoms with Gasteiger partial charge in [0, 0.05) is 25.6 Å². The van der Waals surface area contributed by atoms with E-state index in [1.165, 1.54) is 6.92 Å². The molecule has 0 spiro atoms. The highest BCUT2D eigenvalue weighted by atomic mass is 35.5. The summed E-state index contributed by atoms with van der Waals surface area (Å²) in [6.07, 6.45) is 0.136. The highest BCUT2D eigenvalue weighted by Gasteiger charge is 2.08. The van der Waals surface area contributed by atoms with E-state index in [2.05, 4.69) is 16.0 Å². The van der Waals surface area contributed by atoms with Crippen molar-refractivity contribution in [3.63, 3.8) is 0 Å². The molecule has 2 rings (SSSR count). The Morgan fingerprint density at radius 3 is 2.46 bits per heavy atom. The lowest BCUT2D eigenvalue weighted by Crippen LogP contribution is -2.26. The van der Waals surface area contributed by atoms with Crippen LogP contribution < -0.4 is 16.0 Å². The van der Waals surface area contributed by atoms with Gasteiger partial charge in [-0.05, 0) is 30.2 Å². The second-order valence-electron chi connectivity index (χ2n) is 6.02. The molecule has 3 amide bonds. The predicted molar refractivity (Wildman–Crippen MR) is 108 cm³/mol. The Morgan fingerprint density at radius 1 is 1.04 bits per heavy atom. The normalized spacial score (nSPS) is 10.1. The Balaban J connectivity index is 1.65. The Morgan fingerprint density at radius 2 is 1.79 bits per heavy atom. The van der Waals surface area contributed by atoms with Crippen LogP contribution in [0.2, 0.25) is 5.02 Å². The van der Waals surface area contributed by atoms with Crippen LogP contribution in [0.5, 0.6) is 0 Å². The molecule has 148 valence electrons. The van der Waals surface area contributed by atoms with Crippen LogP contribution in [0, 0.1) is 0 Å². The fourth-order valence-electron chi connectivity index (χ4n) is 2.32. The summed E-state index contributed by atoms with van der Waals surface area (Å²) >= 11 is 6.11. The van der Waals surface area contributed by atoms with Crippen molar-refractivity contribution in [2.24, 2.45) is 0 Å². The SMILES string of the molecule is CC(=O)Nc1ccc(NC(=O)CCCNC(=O)OCc2ccccc2)c(Cl)c1. The van der Waals surface area contributed by atoms with Crippen molar-refractivity contribution in [3.8, 4) is 0 Å². The molecule has 0 saturated heterocycles. The molecule has 7 nitrogen and oxygen atoms in total. The first-order chi connectivity index (χ1) is 13.4. The van der Waals surface area contributed by atoms with Gasteiger partial charge in [0.2, 0.25) is 11.8 Å². The van der Waals surface area contributed by atoms with E-state index in [-0.39, 0.29) is 24.8 Å².